The molecule has 0 bridgehead atoms. The summed E-state index contributed by atoms with van der Waals surface area (Å²) in [7, 11) is 1.61. The molecule has 0 aliphatic carbocycles. The maximum atomic E-state index is 8.88. The first kappa shape index (κ1) is 12.2. The fourth-order valence-electron chi connectivity index (χ4n) is 1.10. The number of hydrogen-bond donors (Lipinski definition) is 0. The third kappa shape index (κ3) is 3.33. The molecule has 0 saturated carbocycles. The van der Waals surface area contributed by atoms with Gasteiger partial charge < -0.3 is 4.74 Å². The van der Waals surface area contributed by atoms with Crippen molar-refractivity contribution in [3.63, 3.8) is 0 Å². The third-order valence-corrected chi connectivity index (χ3v) is 3.44. The van der Waals surface area contributed by atoms with Crippen LogP contribution in [-0.4, -0.2) is 12.4 Å². The predicted octanol–water partition coefficient (Wildman–Crippen LogP) is 3.74. The van der Waals surface area contributed by atoms with Crippen molar-refractivity contribution in [3.05, 3.63) is 23.2 Å². The molecule has 1 unspecified atom stereocenters. The van der Waals surface area contributed by atoms with Gasteiger partial charge in [-0.15, -0.1) is 11.8 Å². The number of ether oxygens (including phenoxy) is 1. The Kier molecular flexibility index (Phi) is 4.80. The molecule has 0 heterocycles. The fourth-order valence-corrected chi connectivity index (χ4v) is 2.32. The van der Waals surface area contributed by atoms with E-state index >= 15 is 0 Å². The molecule has 0 radical (unpaired) electrons. The minimum absolute atomic E-state index is 0.0580. The second-order valence-electron chi connectivity index (χ2n) is 2.94. The van der Waals surface area contributed by atoms with Gasteiger partial charge >= 0.3 is 0 Å². The minimum atomic E-state index is -0.0580. The van der Waals surface area contributed by atoms with Crippen molar-refractivity contribution in [2.45, 2.75) is 23.5 Å². The van der Waals surface area contributed by atoms with Gasteiger partial charge in [-0.05, 0) is 24.6 Å². The Morgan fingerprint density at radius 2 is 2.33 bits per heavy atom. The van der Waals surface area contributed by atoms with Crippen molar-refractivity contribution >= 4 is 23.4 Å². The molecule has 0 spiro atoms. The molecule has 80 valence electrons. The predicted molar refractivity (Wildman–Crippen MR) is 63.6 cm³/mol. The van der Waals surface area contributed by atoms with Gasteiger partial charge in [0.15, 0.2) is 0 Å². The SMILES string of the molecule is CCC(C#N)Sc1cc(Cl)ccc1OC. The van der Waals surface area contributed by atoms with Gasteiger partial charge in [0.1, 0.15) is 5.75 Å². The average Bonchev–Trinajstić information content (AvgIpc) is 2.26. The highest BCUT2D eigenvalue weighted by Gasteiger charge is 2.11. The fraction of sp³-hybridized carbons (Fsp3) is 0.364. The molecule has 0 fully saturated rings. The maximum absolute atomic E-state index is 8.88. The van der Waals surface area contributed by atoms with E-state index < -0.39 is 0 Å². The van der Waals surface area contributed by atoms with Gasteiger partial charge in [-0.3, -0.25) is 0 Å². The normalized spacial score (nSPS) is 11.9. The molecule has 4 heteroatoms. The van der Waals surface area contributed by atoms with Gasteiger partial charge in [-0.25, -0.2) is 0 Å². The smallest absolute Gasteiger partial charge is 0.132 e. The lowest BCUT2D eigenvalue weighted by Crippen LogP contribution is -1.96. The summed E-state index contributed by atoms with van der Waals surface area (Å²) in [6.07, 6.45) is 0.802. The molecule has 0 N–H and O–H groups in total. The number of hydrogen-bond acceptors (Lipinski definition) is 3. The molecule has 0 aromatic heterocycles. The lowest BCUT2D eigenvalue weighted by molar-refractivity contribution is 0.405. The van der Waals surface area contributed by atoms with Gasteiger partial charge in [0.05, 0.1) is 23.3 Å². The van der Waals surface area contributed by atoms with Crippen LogP contribution in [0.4, 0.5) is 0 Å². The molecule has 0 amide bonds. The quantitative estimate of drug-likeness (QED) is 0.753. The molecule has 1 aromatic rings. The van der Waals surface area contributed by atoms with E-state index in [1.54, 1.807) is 13.2 Å². The highest BCUT2D eigenvalue weighted by atomic mass is 35.5. The zero-order chi connectivity index (χ0) is 11.3. The van der Waals surface area contributed by atoms with Crippen LogP contribution in [0, 0.1) is 11.3 Å². The van der Waals surface area contributed by atoms with Crippen LogP contribution in [0.3, 0.4) is 0 Å². The van der Waals surface area contributed by atoms with Gasteiger partial charge in [0.25, 0.3) is 0 Å². The van der Waals surface area contributed by atoms with E-state index in [1.807, 2.05) is 19.1 Å². The van der Waals surface area contributed by atoms with Gasteiger partial charge in [-0.1, -0.05) is 18.5 Å². The number of nitrogens with zero attached hydrogens (tertiary/aromatic N) is 1. The lowest BCUT2D eigenvalue weighted by Gasteiger charge is -2.10. The van der Waals surface area contributed by atoms with Crippen LogP contribution in [-0.2, 0) is 0 Å². The summed E-state index contributed by atoms with van der Waals surface area (Å²) in [5.74, 6) is 0.762. The molecule has 1 rings (SSSR count). The summed E-state index contributed by atoms with van der Waals surface area (Å²) in [6.45, 7) is 1.98. The second-order valence-corrected chi connectivity index (χ2v) is 4.62. The van der Waals surface area contributed by atoms with Crippen LogP contribution in [0.5, 0.6) is 5.75 Å². The van der Waals surface area contributed by atoms with Crippen molar-refractivity contribution in [2.75, 3.05) is 7.11 Å². The number of thioether (sulfide) groups is 1. The Hall–Kier alpha value is -0.850. The molecule has 0 aliphatic heterocycles. The largest absolute Gasteiger partial charge is 0.496 e. The summed E-state index contributed by atoms with van der Waals surface area (Å²) in [6, 6.07) is 7.65. The number of halogens is 1. The Morgan fingerprint density at radius 1 is 1.60 bits per heavy atom. The van der Waals surface area contributed by atoms with Crippen LogP contribution in [0.2, 0.25) is 5.02 Å². The summed E-state index contributed by atoms with van der Waals surface area (Å²) >= 11 is 7.38. The summed E-state index contributed by atoms with van der Waals surface area (Å²) < 4.78 is 5.20. The summed E-state index contributed by atoms with van der Waals surface area (Å²) in [5.41, 5.74) is 0. The molecular formula is C11H12ClNOS. The van der Waals surface area contributed by atoms with E-state index in [2.05, 4.69) is 6.07 Å². The van der Waals surface area contributed by atoms with Crippen LogP contribution in [0.15, 0.2) is 23.1 Å². The van der Waals surface area contributed by atoms with Crippen LogP contribution in [0.1, 0.15) is 13.3 Å². The van der Waals surface area contributed by atoms with E-state index in [0.29, 0.717) is 5.02 Å². The van der Waals surface area contributed by atoms with Gasteiger partial charge in [0.2, 0.25) is 0 Å². The van der Waals surface area contributed by atoms with Crippen molar-refractivity contribution in [1.29, 1.82) is 5.26 Å². The molecule has 1 aromatic carbocycles. The summed E-state index contributed by atoms with van der Waals surface area (Å²) in [4.78, 5) is 0.915. The number of rotatable bonds is 4. The Labute approximate surface area is 99.2 Å². The van der Waals surface area contributed by atoms with Crippen LogP contribution < -0.4 is 4.74 Å². The van der Waals surface area contributed by atoms with Crippen molar-refractivity contribution in [2.24, 2.45) is 0 Å². The molecular weight excluding hydrogens is 230 g/mol. The van der Waals surface area contributed by atoms with Crippen molar-refractivity contribution < 1.29 is 4.74 Å². The van der Waals surface area contributed by atoms with E-state index in [9.17, 15) is 0 Å². The highest BCUT2D eigenvalue weighted by molar-refractivity contribution is 8.00. The monoisotopic (exact) mass is 241 g/mol. The zero-order valence-electron chi connectivity index (χ0n) is 8.66. The van der Waals surface area contributed by atoms with Crippen LogP contribution in [0.25, 0.3) is 0 Å². The standard InChI is InChI=1S/C11H12ClNOS/c1-3-9(7-13)15-11-6-8(12)4-5-10(11)14-2/h4-6,9H,3H2,1-2H3. The Balaban J connectivity index is 2.92. The summed E-state index contributed by atoms with van der Waals surface area (Å²) in [5, 5.41) is 9.48. The van der Waals surface area contributed by atoms with Crippen molar-refractivity contribution in [3.8, 4) is 11.8 Å². The second kappa shape index (κ2) is 5.89. The average molecular weight is 242 g/mol. The number of benzene rings is 1. The molecule has 0 aliphatic rings. The molecule has 15 heavy (non-hydrogen) atoms. The number of methoxy groups -OCH3 is 1. The maximum Gasteiger partial charge on any atom is 0.132 e. The van der Waals surface area contributed by atoms with Crippen molar-refractivity contribution in [1.82, 2.24) is 0 Å². The topological polar surface area (TPSA) is 33.0 Å². The zero-order valence-corrected chi connectivity index (χ0v) is 10.2. The first-order chi connectivity index (χ1) is 7.21. The van der Waals surface area contributed by atoms with E-state index in [1.165, 1.54) is 11.8 Å². The lowest BCUT2D eigenvalue weighted by atomic mass is 10.3. The van der Waals surface area contributed by atoms with Gasteiger partial charge in [0, 0.05) is 5.02 Å². The molecule has 2 nitrogen and oxygen atoms in total. The Bertz CT molecular complexity index is 375. The van der Waals surface area contributed by atoms with Crippen LogP contribution >= 0.6 is 23.4 Å². The third-order valence-electron chi connectivity index (χ3n) is 1.91. The molecule has 1 atom stereocenters. The first-order valence-corrected chi connectivity index (χ1v) is 5.86. The van der Waals surface area contributed by atoms with E-state index in [-0.39, 0.29) is 5.25 Å². The number of nitriles is 1. The van der Waals surface area contributed by atoms with E-state index in [0.717, 1.165) is 17.1 Å². The van der Waals surface area contributed by atoms with Gasteiger partial charge in [-0.2, -0.15) is 5.26 Å². The minimum Gasteiger partial charge on any atom is -0.496 e. The Morgan fingerprint density at radius 3 is 2.87 bits per heavy atom. The highest BCUT2D eigenvalue weighted by Crippen LogP contribution is 2.35. The first-order valence-electron chi connectivity index (χ1n) is 4.61. The van der Waals surface area contributed by atoms with E-state index in [4.69, 9.17) is 21.6 Å². The molecule has 0 saturated heterocycles.